The first-order valence-electron chi connectivity index (χ1n) is 9.82. The average molecular weight is 354 g/mol. The molecule has 2 amide bonds. The van der Waals surface area contributed by atoms with Crippen LogP contribution >= 0.6 is 0 Å². The zero-order valence-corrected chi connectivity index (χ0v) is 16.2. The Morgan fingerprint density at radius 1 is 1.20 bits per heavy atom. The van der Waals surface area contributed by atoms with Gasteiger partial charge in [0, 0.05) is 52.6 Å². The first-order chi connectivity index (χ1) is 12.0. The van der Waals surface area contributed by atoms with Gasteiger partial charge in [0.2, 0.25) is 11.8 Å². The Bertz CT molecular complexity index is 436. The largest absolute Gasteiger partial charge is 0.379 e. The molecule has 6 nitrogen and oxygen atoms in total. The van der Waals surface area contributed by atoms with Crippen molar-refractivity contribution in [3.63, 3.8) is 0 Å². The molecule has 0 aliphatic carbocycles. The molecule has 2 aliphatic heterocycles. The maximum atomic E-state index is 12.3. The topological polar surface area (TPSA) is 53.1 Å². The molecule has 2 aliphatic rings. The molecule has 0 bridgehead atoms. The highest BCUT2D eigenvalue weighted by Gasteiger charge is 2.31. The number of amides is 2. The van der Waals surface area contributed by atoms with Crippen LogP contribution in [-0.4, -0.2) is 85.0 Å². The molecule has 0 aromatic rings. The van der Waals surface area contributed by atoms with E-state index in [1.54, 1.807) is 6.92 Å². The quantitative estimate of drug-likeness (QED) is 0.665. The van der Waals surface area contributed by atoms with E-state index in [-0.39, 0.29) is 17.9 Å². The maximum Gasteiger partial charge on any atom is 0.222 e. The van der Waals surface area contributed by atoms with Crippen LogP contribution in [0.1, 0.15) is 46.5 Å². The minimum atomic E-state index is 0.128. The summed E-state index contributed by atoms with van der Waals surface area (Å²) in [5.41, 5.74) is 0. The molecule has 0 aromatic heterocycles. The first kappa shape index (κ1) is 20.2. The summed E-state index contributed by atoms with van der Waals surface area (Å²) in [4.78, 5) is 30.7. The van der Waals surface area contributed by atoms with Crippen LogP contribution in [0.15, 0.2) is 0 Å². The number of carbonyl (C=O) groups is 2. The summed E-state index contributed by atoms with van der Waals surface area (Å²) in [5, 5.41) is 0. The van der Waals surface area contributed by atoms with Crippen molar-refractivity contribution in [3.05, 3.63) is 0 Å². The van der Waals surface area contributed by atoms with E-state index in [9.17, 15) is 9.59 Å². The summed E-state index contributed by atoms with van der Waals surface area (Å²) >= 11 is 0. The van der Waals surface area contributed by atoms with Gasteiger partial charge in [0.15, 0.2) is 0 Å². The Morgan fingerprint density at radius 3 is 2.56 bits per heavy atom. The Kier molecular flexibility index (Phi) is 8.16. The van der Waals surface area contributed by atoms with E-state index in [0.29, 0.717) is 18.9 Å². The van der Waals surface area contributed by atoms with Gasteiger partial charge in [-0.15, -0.1) is 0 Å². The third kappa shape index (κ3) is 6.59. The standard InChI is InChI=1S/C19H35N3O3/c1-16(2)5-6-19(24)21-10-7-18(15-21)22(17(3)23)9-4-8-20-11-13-25-14-12-20/h16,18H,4-15H2,1-3H3. The zero-order valence-electron chi connectivity index (χ0n) is 16.2. The molecule has 144 valence electrons. The van der Waals surface area contributed by atoms with Crippen molar-refractivity contribution >= 4 is 11.8 Å². The molecular weight excluding hydrogens is 318 g/mol. The Balaban J connectivity index is 1.76. The lowest BCUT2D eigenvalue weighted by Gasteiger charge is -2.30. The highest BCUT2D eigenvalue weighted by molar-refractivity contribution is 5.77. The maximum absolute atomic E-state index is 12.3. The van der Waals surface area contributed by atoms with E-state index in [1.807, 2.05) is 9.80 Å². The summed E-state index contributed by atoms with van der Waals surface area (Å²) in [6, 6.07) is 0.185. The molecule has 2 rings (SSSR count). The van der Waals surface area contributed by atoms with Crippen molar-refractivity contribution in [1.82, 2.24) is 14.7 Å². The summed E-state index contributed by atoms with van der Waals surface area (Å²) in [6.07, 6.45) is 3.46. The zero-order chi connectivity index (χ0) is 18.2. The summed E-state index contributed by atoms with van der Waals surface area (Å²) < 4.78 is 5.37. The van der Waals surface area contributed by atoms with Gasteiger partial charge in [-0.05, 0) is 25.2 Å². The van der Waals surface area contributed by atoms with Crippen molar-refractivity contribution in [1.29, 1.82) is 0 Å². The third-order valence-corrected chi connectivity index (χ3v) is 5.27. The second-order valence-electron chi connectivity index (χ2n) is 7.73. The monoisotopic (exact) mass is 353 g/mol. The second kappa shape index (κ2) is 10.1. The summed E-state index contributed by atoms with van der Waals surface area (Å²) in [5.74, 6) is 0.924. The molecule has 1 unspecified atom stereocenters. The SMILES string of the molecule is CC(=O)N(CCCN1CCOCC1)C1CCN(C(=O)CCC(C)C)C1. The van der Waals surface area contributed by atoms with E-state index in [2.05, 4.69) is 18.7 Å². The van der Waals surface area contributed by atoms with Crippen molar-refractivity contribution < 1.29 is 14.3 Å². The van der Waals surface area contributed by atoms with Gasteiger partial charge in [0.05, 0.1) is 19.3 Å². The van der Waals surface area contributed by atoms with E-state index in [4.69, 9.17) is 4.74 Å². The van der Waals surface area contributed by atoms with E-state index in [0.717, 1.165) is 65.2 Å². The van der Waals surface area contributed by atoms with Crippen LogP contribution in [0.4, 0.5) is 0 Å². The minimum absolute atomic E-state index is 0.128. The van der Waals surface area contributed by atoms with Gasteiger partial charge < -0.3 is 14.5 Å². The smallest absolute Gasteiger partial charge is 0.222 e. The Labute approximate surface area is 152 Å². The molecule has 0 aromatic carbocycles. The normalized spacial score (nSPS) is 21.8. The predicted octanol–water partition coefficient (Wildman–Crippen LogP) is 1.59. The van der Waals surface area contributed by atoms with Crippen LogP contribution in [0.25, 0.3) is 0 Å². The molecule has 6 heteroatoms. The van der Waals surface area contributed by atoms with Crippen LogP contribution in [0.5, 0.6) is 0 Å². The van der Waals surface area contributed by atoms with Gasteiger partial charge in [-0.25, -0.2) is 0 Å². The van der Waals surface area contributed by atoms with Gasteiger partial charge >= 0.3 is 0 Å². The number of nitrogens with zero attached hydrogens (tertiary/aromatic N) is 3. The molecule has 25 heavy (non-hydrogen) atoms. The number of hydrogen-bond donors (Lipinski definition) is 0. The Morgan fingerprint density at radius 2 is 1.92 bits per heavy atom. The van der Waals surface area contributed by atoms with Crippen LogP contribution in [0.2, 0.25) is 0 Å². The number of rotatable bonds is 8. The van der Waals surface area contributed by atoms with Gasteiger partial charge in [-0.1, -0.05) is 13.8 Å². The number of morpholine rings is 1. The van der Waals surface area contributed by atoms with Gasteiger partial charge in [0.1, 0.15) is 0 Å². The van der Waals surface area contributed by atoms with Crippen molar-refractivity contribution in [3.8, 4) is 0 Å². The van der Waals surface area contributed by atoms with Gasteiger partial charge in [-0.3, -0.25) is 14.5 Å². The molecule has 2 fully saturated rings. The third-order valence-electron chi connectivity index (χ3n) is 5.27. The highest BCUT2D eigenvalue weighted by Crippen LogP contribution is 2.18. The lowest BCUT2D eigenvalue weighted by molar-refractivity contribution is -0.133. The average Bonchev–Trinajstić information content (AvgIpc) is 3.06. The summed E-state index contributed by atoms with van der Waals surface area (Å²) in [6.45, 7) is 12.8. The lowest BCUT2D eigenvalue weighted by atomic mass is 10.1. The van der Waals surface area contributed by atoms with Gasteiger partial charge in [0.25, 0.3) is 0 Å². The lowest BCUT2D eigenvalue weighted by Crippen LogP contribution is -2.43. The number of likely N-dealkylation sites (tertiary alicyclic amines) is 1. The number of carbonyl (C=O) groups excluding carboxylic acids is 2. The van der Waals surface area contributed by atoms with E-state index in [1.165, 1.54) is 0 Å². The van der Waals surface area contributed by atoms with Gasteiger partial charge in [-0.2, -0.15) is 0 Å². The van der Waals surface area contributed by atoms with E-state index >= 15 is 0 Å². The van der Waals surface area contributed by atoms with Crippen molar-refractivity contribution in [2.45, 2.75) is 52.5 Å². The molecule has 0 spiro atoms. The van der Waals surface area contributed by atoms with Crippen LogP contribution < -0.4 is 0 Å². The first-order valence-corrected chi connectivity index (χ1v) is 9.82. The molecular formula is C19H35N3O3. The molecule has 1 atom stereocenters. The fourth-order valence-electron chi connectivity index (χ4n) is 3.68. The molecule has 0 saturated carbocycles. The van der Waals surface area contributed by atoms with Crippen LogP contribution in [0.3, 0.4) is 0 Å². The fourth-order valence-corrected chi connectivity index (χ4v) is 3.68. The van der Waals surface area contributed by atoms with Crippen molar-refractivity contribution in [2.75, 3.05) is 52.5 Å². The number of ether oxygens (including phenoxy) is 1. The number of hydrogen-bond acceptors (Lipinski definition) is 4. The fraction of sp³-hybridized carbons (Fsp3) is 0.895. The summed E-state index contributed by atoms with van der Waals surface area (Å²) in [7, 11) is 0. The van der Waals surface area contributed by atoms with E-state index < -0.39 is 0 Å². The Hall–Kier alpha value is -1.14. The predicted molar refractivity (Wildman–Crippen MR) is 98.3 cm³/mol. The second-order valence-corrected chi connectivity index (χ2v) is 7.73. The molecule has 0 radical (unpaired) electrons. The van der Waals surface area contributed by atoms with Crippen LogP contribution in [0, 0.1) is 5.92 Å². The minimum Gasteiger partial charge on any atom is -0.379 e. The van der Waals surface area contributed by atoms with Crippen molar-refractivity contribution in [2.24, 2.45) is 5.92 Å². The van der Waals surface area contributed by atoms with Crippen LogP contribution in [-0.2, 0) is 14.3 Å². The molecule has 2 heterocycles. The molecule has 2 saturated heterocycles. The molecule has 0 N–H and O–H groups in total. The highest BCUT2D eigenvalue weighted by atomic mass is 16.5.